The molecule has 0 radical (unpaired) electrons. The lowest BCUT2D eigenvalue weighted by Gasteiger charge is -2.22. The smallest absolute Gasteiger partial charge is 0.265 e. The molecule has 1 amide bonds. The molecule has 1 aliphatic heterocycles. The molecule has 126 valence electrons. The van der Waals surface area contributed by atoms with E-state index in [1.165, 1.54) is 4.90 Å². The molecule has 1 N–H and O–H groups in total. The van der Waals surface area contributed by atoms with Crippen LogP contribution in [-0.4, -0.2) is 23.3 Å². The predicted molar refractivity (Wildman–Crippen MR) is 99.4 cm³/mol. The Hall–Kier alpha value is -2.42. The van der Waals surface area contributed by atoms with Crippen LogP contribution in [0.25, 0.3) is 0 Å². The minimum absolute atomic E-state index is 0.0362. The van der Waals surface area contributed by atoms with Gasteiger partial charge in [-0.05, 0) is 25.1 Å². The molecule has 0 aliphatic carbocycles. The zero-order valence-electron chi connectivity index (χ0n) is 13.6. The number of hydrogen-bond donors (Lipinski definition) is 1. The van der Waals surface area contributed by atoms with Crippen molar-refractivity contribution in [1.82, 2.24) is 0 Å². The van der Waals surface area contributed by atoms with Crippen LogP contribution >= 0.6 is 15.9 Å². The molecule has 5 heteroatoms. The molecule has 4 nitrogen and oxygen atoms in total. The Balaban J connectivity index is 2.01. The number of anilines is 1. The van der Waals surface area contributed by atoms with E-state index >= 15 is 0 Å². The van der Waals surface area contributed by atoms with Crippen molar-refractivity contribution in [1.29, 1.82) is 0 Å². The lowest BCUT2D eigenvalue weighted by atomic mass is 9.88. The summed E-state index contributed by atoms with van der Waals surface area (Å²) in [4.78, 5) is 26.8. The first kappa shape index (κ1) is 17.4. The van der Waals surface area contributed by atoms with E-state index in [-0.39, 0.29) is 18.7 Å². The number of rotatable bonds is 4. The Labute approximate surface area is 154 Å². The van der Waals surface area contributed by atoms with E-state index in [0.717, 1.165) is 5.56 Å². The lowest BCUT2D eigenvalue weighted by molar-refractivity contribution is -0.135. The highest BCUT2D eigenvalue weighted by Crippen LogP contribution is 2.43. The molecule has 1 aliphatic rings. The second-order valence-electron chi connectivity index (χ2n) is 6.08. The molecular weight excluding hydrogens is 382 g/mol. The summed E-state index contributed by atoms with van der Waals surface area (Å²) in [6.07, 6.45) is 5.02. The van der Waals surface area contributed by atoms with Crippen molar-refractivity contribution in [3.05, 3.63) is 63.6 Å². The molecule has 0 aromatic heterocycles. The number of aliphatic hydroxyl groups is 1. The van der Waals surface area contributed by atoms with Gasteiger partial charge in [-0.15, -0.1) is 6.42 Å². The van der Waals surface area contributed by atoms with E-state index < -0.39 is 11.5 Å². The molecular formula is C20H16BrNO3. The van der Waals surface area contributed by atoms with Crippen molar-refractivity contribution >= 4 is 33.3 Å². The summed E-state index contributed by atoms with van der Waals surface area (Å²) >= 11 is 3.35. The van der Waals surface area contributed by atoms with Gasteiger partial charge in [0, 0.05) is 15.6 Å². The molecule has 0 saturated carbocycles. The lowest BCUT2D eigenvalue weighted by Crippen LogP contribution is -2.42. The number of terminal acetylenes is 1. The first-order valence-corrected chi connectivity index (χ1v) is 8.54. The highest BCUT2D eigenvalue weighted by molar-refractivity contribution is 9.10. The van der Waals surface area contributed by atoms with Crippen molar-refractivity contribution < 1.29 is 14.7 Å². The van der Waals surface area contributed by atoms with Gasteiger partial charge in [0.15, 0.2) is 11.4 Å². The Kier molecular flexibility index (Phi) is 4.51. The predicted octanol–water partition coefficient (Wildman–Crippen LogP) is 3.20. The maximum absolute atomic E-state index is 12.8. The number of ketones is 1. The molecule has 0 unspecified atom stereocenters. The molecule has 1 heterocycles. The molecule has 1 atom stereocenters. The van der Waals surface area contributed by atoms with Crippen LogP contribution in [0.1, 0.15) is 27.9 Å². The summed E-state index contributed by atoms with van der Waals surface area (Å²) in [7, 11) is 0. The molecule has 0 fully saturated rings. The number of nitrogens with zero attached hydrogens (tertiary/aromatic N) is 1. The highest BCUT2D eigenvalue weighted by atomic mass is 79.9. The summed E-state index contributed by atoms with van der Waals surface area (Å²) in [6, 6.07) is 12.2. The van der Waals surface area contributed by atoms with Gasteiger partial charge in [0.2, 0.25) is 0 Å². The number of fused-ring (bicyclic) bond motifs is 1. The van der Waals surface area contributed by atoms with Crippen molar-refractivity contribution in [3.8, 4) is 12.3 Å². The van der Waals surface area contributed by atoms with Gasteiger partial charge in [0.05, 0.1) is 18.7 Å². The van der Waals surface area contributed by atoms with Crippen molar-refractivity contribution in [2.75, 3.05) is 11.4 Å². The zero-order chi connectivity index (χ0) is 18.2. The maximum atomic E-state index is 12.8. The SMILES string of the molecule is C#CCN1C(=O)[C@@](O)(CC(=O)c2ccc(C)cc2)c2cc(Br)ccc21. The molecule has 2 aromatic carbocycles. The fourth-order valence-corrected chi connectivity index (χ4v) is 3.38. The topological polar surface area (TPSA) is 57.6 Å². The number of aryl methyl sites for hydroxylation is 1. The highest BCUT2D eigenvalue weighted by Gasteiger charge is 2.50. The third kappa shape index (κ3) is 2.99. The normalized spacial score (nSPS) is 18.8. The van der Waals surface area contributed by atoms with Crippen LogP contribution in [0.2, 0.25) is 0 Å². The van der Waals surface area contributed by atoms with Crippen LogP contribution < -0.4 is 4.90 Å². The van der Waals surface area contributed by atoms with Gasteiger partial charge in [-0.2, -0.15) is 0 Å². The number of carbonyl (C=O) groups is 2. The van der Waals surface area contributed by atoms with Gasteiger partial charge >= 0.3 is 0 Å². The quantitative estimate of drug-likeness (QED) is 0.636. The second-order valence-corrected chi connectivity index (χ2v) is 7.00. The van der Waals surface area contributed by atoms with E-state index in [2.05, 4.69) is 21.9 Å². The minimum Gasteiger partial charge on any atom is -0.375 e. The third-order valence-electron chi connectivity index (χ3n) is 4.33. The monoisotopic (exact) mass is 397 g/mol. The summed E-state index contributed by atoms with van der Waals surface area (Å²) in [5.41, 5.74) is 0.492. The Morgan fingerprint density at radius 1 is 1.28 bits per heavy atom. The van der Waals surface area contributed by atoms with E-state index in [9.17, 15) is 14.7 Å². The van der Waals surface area contributed by atoms with Crippen LogP contribution in [0.4, 0.5) is 5.69 Å². The van der Waals surface area contributed by atoms with Crippen LogP contribution in [0, 0.1) is 19.3 Å². The molecule has 2 aromatic rings. The van der Waals surface area contributed by atoms with Crippen molar-refractivity contribution in [2.24, 2.45) is 0 Å². The first-order chi connectivity index (χ1) is 11.9. The number of halogens is 1. The largest absolute Gasteiger partial charge is 0.375 e. The number of benzene rings is 2. The van der Waals surface area contributed by atoms with Crippen LogP contribution in [0.3, 0.4) is 0 Å². The second kappa shape index (κ2) is 6.47. The zero-order valence-corrected chi connectivity index (χ0v) is 15.2. The molecule has 0 bridgehead atoms. The molecule has 0 saturated heterocycles. The molecule has 0 spiro atoms. The Bertz CT molecular complexity index is 898. The van der Waals surface area contributed by atoms with Crippen LogP contribution in [-0.2, 0) is 10.4 Å². The number of hydrogen-bond acceptors (Lipinski definition) is 3. The van der Waals surface area contributed by atoms with E-state index in [0.29, 0.717) is 21.3 Å². The van der Waals surface area contributed by atoms with Crippen molar-refractivity contribution in [3.63, 3.8) is 0 Å². The summed E-state index contributed by atoms with van der Waals surface area (Å²) in [5, 5.41) is 11.1. The molecule has 25 heavy (non-hydrogen) atoms. The molecule has 3 rings (SSSR count). The van der Waals surface area contributed by atoms with Crippen LogP contribution in [0.5, 0.6) is 0 Å². The average molecular weight is 398 g/mol. The van der Waals surface area contributed by atoms with Gasteiger partial charge in [-0.1, -0.05) is 51.7 Å². The van der Waals surface area contributed by atoms with Gasteiger partial charge in [0.25, 0.3) is 5.91 Å². The average Bonchev–Trinajstić information content (AvgIpc) is 2.77. The fourth-order valence-electron chi connectivity index (χ4n) is 3.02. The number of Topliss-reactive ketones (excluding diaryl/α,β-unsaturated/α-hetero) is 1. The summed E-state index contributed by atoms with van der Waals surface area (Å²) < 4.78 is 0.711. The van der Waals surface area contributed by atoms with Crippen LogP contribution in [0.15, 0.2) is 46.9 Å². The number of carbonyl (C=O) groups excluding carboxylic acids is 2. The van der Waals surface area contributed by atoms with E-state index in [1.54, 1.807) is 30.3 Å². The summed E-state index contributed by atoms with van der Waals surface area (Å²) in [5.74, 6) is 1.55. The van der Waals surface area contributed by atoms with E-state index in [4.69, 9.17) is 6.42 Å². The Morgan fingerprint density at radius 2 is 1.96 bits per heavy atom. The van der Waals surface area contributed by atoms with Gasteiger partial charge < -0.3 is 5.11 Å². The summed E-state index contributed by atoms with van der Waals surface area (Å²) in [6.45, 7) is 1.96. The van der Waals surface area contributed by atoms with Gasteiger partial charge in [0.1, 0.15) is 0 Å². The van der Waals surface area contributed by atoms with Gasteiger partial charge in [-0.25, -0.2) is 0 Å². The number of amides is 1. The Morgan fingerprint density at radius 3 is 2.60 bits per heavy atom. The van der Waals surface area contributed by atoms with Gasteiger partial charge in [-0.3, -0.25) is 14.5 Å². The standard InChI is InChI=1S/C20H16BrNO3/c1-3-10-22-17-9-8-15(21)11-16(17)20(25,19(22)24)12-18(23)14-6-4-13(2)5-7-14/h1,4-9,11,25H,10,12H2,2H3/t20-/m1/s1. The van der Waals surface area contributed by atoms with Crippen molar-refractivity contribution in [2.45, 2.75) is 18.9 Å². The minimum atomic E-state index is -1.92. The third-order valence-corrected chi connectivity index (χ3v) is 4.83. The maximum Gasteiger partial charge on any atom is 0.265 e. The van der Waals surface area contributed by atoms with E-state index in [1.807, 2.05) is 19.1 Å². The fraction of sp³-hybridized carbons (Fsp3) is 0.200. The first-order valence-electron chi connectivity index (χ1n) is 7.74.